The Kier molecular flexibility index (Phi) is 9.01. The van der Waals surface area contributed by atoms with E-state index in [9.17, 15) is 18.0 Å². The second kappa shape index (κ2) is 12.5. The van der Waals surface area contributed by atoms with Crippen LogP contribution in [-0.2, 0) is 26.0 Å². The number of anilines is 1. The summed E-state index contributed by atoms with van der Waals surface area (Å²) in [5.74, 6) is 1.21. The molecule has 0 spiro atoms. The smallest absolute Gasteiger partial charge is 0.266 e. The van der Waals surface area contributed by atoms with Gasteiger partial charge in [-0.25, -0.2) is 8.42 Å². The highest BCUT2D eigenvalue weighted by atomic mass is 32.2. The number of sulfone groups is 1. The molecule has 3 aliphatic heterocycles. The Bertz CT molecular complexity index is 1390. The van der Waals surface area contributed by atoms with E-state index in [-0.39, 0.29) is 42.3 Å². The number of amides is 2. The molecule has 1 atom stereocenters. The maximum Gasteiger partial charge on any atom is 0.266 e. The molecule has 5 rings (SSSR count). The molecule has 3 saturated heterocycles. The molecule has 40 heavy (non-hydrogen) atoms. The summed E-state index contributed by atoms with van der Waals surface area (Å²) < 4.78 is 31.1. The van der Waals surface area contributed by atoms with E-state index >= 15 is 0 Å². The van der Waals surface area contributed by atoms with Gasteiger partial charge in [-0.3, -0.25) is 14.5 Å². The summed E-state index contributed by atoms with van der Waals surface area (Å²) in [6.45, 7) is 4.48. The number of aryl methyl sites for hydroxylation is 1. The van der Waals surface area contributed by atoms with Crippen LogP contribution in [0.15, 0.2) is 45.7 Å². The van der Waals surface area contributed by atoms with Crippen molar-refractivity contribution in [2.75, 3.05) is 36.0 Å². The Hall–Kier alpha value is -2.63. The molecule has 1 unspecified atom stereocenters. The zero-order chi connectivity index (χ0) is 28.3. The molecule has 11 heteroatoms. The summed E-state index contributed by atoms with van der Waals surface area (Å²) in [6.07, 6.45) is 6.36. The van der Waals surface area contributed by atoms with Gasteiger partial charge in [-0.2, -0.15) is 0 Å². The minimum Gasteiger partial charge on any atom is -0.444 e. The van der Waals surface area contributed by atoms with Crippen molar-refractivity contribution >= 4 is 61.9 Å². The van der Waals surface area contributed by atoms with Crippen molar-refractivity contribution < 1.29 is 22.4 Å². The van der Waals surface area contributed by atoms with Gasteiger partial charge in [0.05, 0.1) is 23.0 Å². The number of thioether (sulfide) groups is 1. The van der Waals surface area contributed by atoms with Gasteiger partial charge >= 0.3 is 0 Å². The maximum absolute atomic E-state index is 13.5. The molecule has 0 aliphatic carbocycles. The highest BCUT2D eigenvalue weighted by Crippen LogP contribution is 2.33. The number of furan rings is 1. The number of piperidine rings is 1. The minimum absolute atomic E-state index is 0.0308. The van der Waals surface area contributed by atoms with Gasteiger partial charge in [0.25, 0.3) is 5.91 Å². The lowest BCUT2D eigenvalue weighted by Crippen LogP contribution is -2.41. The molecule has 3 fully saturated rings. The molecule has 2 aromatic rings. The first-order valence-corrected chi connectivity index (χ1v) is 16.9. The maximum atomic E-state index is 13.5. The van der Waals surface area contributed by atoms with E-state index in [1.54, 1.807) is 9.80 Å². The minimum atomic E-state index is -3.17. The lowest BCUT2D eigenvalue weighted by molar-refractivity contribution is -0.134. The van der Waals surface area contributed by atoms with Crippen LogP contribution in [0.25, 0.3) is 6.08 Å². The molecule has 0 N–H and O–H groups in total. The van der Waals surface area contributed by atoms with E-state index in [2.05, 4.69) is 4.90 Å². The lowest BCUT2D eigenvalue weighted by atomic mass is 10.1. The number of hydrogen-bond donors (Lipinski definition) is 0. The molecular weight excluding hydrogens is 567 g/mol. The fourth-order valence-electron chi connectivity index (χ4n) is 5.38. The predicted octanol–water partition coefficient (Wildman–Crippen LogP) is 4.78. The van der Waals surface area contributed by atoms with Crippen molar-refractivity contribution in [3.63, 3.8) is 0 Å². The van der Waals surface area contributed by atoms with Crippen molar-refractivity contribution in [2.45, 2.75) is 58.0 Å². The highest BCUT2D eigenvalue weighted by Gasteiger charge is 2.36. The SMILES string of the molecule is Cc1ccc(/C=C2\SC(=S)N(CCCC(=O)N(Cc3ccc(N4CCCCC4)o3)C3CCS(=O)(=O)C3)C2=O)cc1. The highest BCUT2D eigenvalue weighted by molar-refractivity contribution is 8.26. The number of nitrogens with zero attached hydrogens (tertiary/aromatic N) is 3. The van der Waals surface area contributed by atoms with Crippen LogP contribution in [0, 0.1) is 6.92 Å². The van der Waals surface area contributed by atoms with Crippen LogP contribution in [0.3, 0.4) is 0 Å². The monoisotopic (exact) mass is 601 g/mol. The Labute approximate surface area is 245 Å². The molecule has 2 amide bonds. The first-order valence-electron chi connectivity index (χ1n) is 13.8. The summed E-state index contributed by atoms with van der Waals surface area (Å²) in [6, 6.07) is 11.4. The Morgan fingerprint density at radius 2 is 1.90 bits per heavy atom. The standard InChI is InChI=1S/C29H35N3O5S3/c1-21-7-9-22(10-8-21)18-25-28(34)31(29(38)39-25)16-5-6-26(33)32(23-13-17-40(35,36)20-23)19-24-11-12-27(37-24)30-14-3-2-4-15-30/h7-12,18,23H,2-6,13-17,19-20H2,1H3/b25-18-. The molecular formula is C29H35N3O5S3. The van der Waals surface area contributed by atoms with Crippen LogP contribution in [0.2, 0.25) is 0 Å². The quantitative estimate of drug-likeness (QED) is 0.300. The fourth-order valence-corrected chi connectivity index (χ4v) is 8.42. The van der Waals surface area contributed by atoms with Gasteiger partial charge < -0.3 is 14.2 Å². The number of benzene rings is 1. The van der Waals surface area contributed by atoms with E-state index in [1.165, 1.54) is 18.2 Å². The van der Waals surface area contributed by atoms with Crippen molar-refractivity contribution in [1.82, 2.24) is 9.80 Å². The summed E-state index contributed by atoms with van der Waals surface area (Å²) in [4.78, 5) is 32.5. The van der Waals surface area contributed by atoms with E-state index in [4.69, 9.17) is 16.6 Å². The van der Waals surface area contributed by atoms with Crippen molar-refractivity contribution in [3.05, 3.63) is 58.2 Å². The summed E-state index contributed by atoms with van der Waals surface area (Å²) in [7, 11) is -3.17. The van der Waals surface area contributed by atoms with Crippen LogP contribution in [0.5, 0.6) is 0 Å². The number of carbonyl (C=O) groups excluding carboxylic acids is 2. The van der Waals surface area contributed by atoms with E-state index < -0.39 is 9.84 Å². The van der Waals surface area contributed by atoms with Gasteiger partial charge in [-0.15, -0.1) is 0 Å². The molecule has 4 heterocycles. The van der Waals surface area contributed by atoms with Crippen LogP contribution in [0.1, 0.15) is 55.4 Å². The third-order valence-corrected chi connectivity index (χ3v) is 10.8. The van der Waals surface area contributed by atoms with Gasteiger partial charge in [-0.1, -0.05) is 53.8 Å². The molecule has 8 nitrogen and oxygen atoms in total. The second-order valence-corrected chi connectivity index (χ2v) is 14.6. The van der Waals surface area contributed by atoms with Gasteiger partial charge in [0.1, 0.15) is 10.1 Å². The molecule has 0 bridgehead atoms. The second-order valence-electron chi connectivity index (χ2n) is 10.7. The van der Waals surface area contributed by atoms with Crippen molar-refractivity contribution in [3.8, 4) is 0 Å². The van der Waals surface area contributed by atoms with Gasteiger partial charge in [0.15, 0.2) is 15.7 Å². The number of thiocarbonyl (C=S) groups is 1. The Morgan fingerprint density at radius 1 is 1.15 bits per heavy atom. The van der Waals surface area contributed by atoms with E-state index in [1.807, 2.05) is 49.4 Å². The molecule has 0 radical (unpaired) electrons. The zero-order valence-electron chi connectivity index (χ0n) is 22.7. The number of rotatable bonds is 9. The third kappa shape index (κ3) is 6.98. The largest absolute Gasteiger partial charge is 0.444 e. The van der Waals surface area contributed by atoms with Crippen LogP contribution >= 0.6 is 24.0 Å². The summed E-state index contributed by atoms with van der Waals surface area (Å²) in [5.41, 5.74) is 2.08. The Morgan fingerprint density at radius 3 is 2.60 bits per heavy atom. The van der Waals surface area contributed by atoms with Crippen LogP contribution in [-0.4, -0.2) is 71.5 Å². The average molecular weight is 602 g/mol. The zero-order valence-corrected chi connectivity index (χ0v) is 25.2. The van der Waals surface area contributed by atoms with Gasteiger partial charge in [0.2, 0.25) is 5.91 Å². The average Bonchev–Trinajstić information content (AvgIpc) is 3.62. The van der Waals surface area contributed by atoms with Crippen LogP contribution in [0.4, 0.5) is 5.88 Å². The normalized spacial score (nSPS) is 21.9. The lowest BCUT2D eigenvalue weighted by Gasteiger charge is -2.28. The fraction of sp³-hybridized carbons (Fsp3) is 0.483. The first-order chi connectivity index (χ1) is 19.2. The summed E-state index contributed by atoms with van der Waals surface area (Å²) in [5, 5.41) is 0. The number of hydrogen-bond acceptors (Lipinski definition) is 8. The first kappa shape index (κ1) is 28.9. The van der Waals surface area contributed by atoms with Crippen molar-refractivity contribution in [2.24, 2.45) is 0 Å². The predicted molar refractivity (Wildman–Crippen MR) is 163 cm³/mol. The number of carbonyl (C=O) groups is 2. The third-order valence-electron chi connectivity index (χ3n) is 7.63. The molecule has 3 aliphatic rings. The Balaban J connectivity index is 1.21. The van der Waals surface area contributed by atoms with Crippen molar-refractivity contribution in [1.29, 1.82) is 0 Å². The molecule has 1 aromatic heterocycles. The molecule has 214 valence electrons. The van der Waals surface area contributed by atoms with Gasteiger partial charge in [-0.05, 0) is 56.7 Å². The van der Waals surface area contributed by atoms with E-state index in [0.29, 0.717) is 34.4 Å². The summed E-state index contributed by atoms with van der Waals surface area (Å²) >= 11 is 6.74. The van der Waals surface area contributed by atoms with E-state index in [0.717, 1.165) is 42.9 Å². The van der Waals surface area contributed by atoms with Gasteiger partial charge in [0, 0.05) is 38.2 Å². The molecule has 0 saturated carbocycles. The van der Waals surface area contributed by atoms with Crippen LogP contribution < -0.4 is 4.90 Å². The topological polar surface area (TPSA) is 91.1 Å². The molecule has 1 aromatic carbocycles.